The maximum atomic E-state index is 12.9. The van der Waals surface area contributed by atoms with Crippen molar-refractivity contribution in [3.63, 3.8) is 0 Å². The third kappa shape index (κ3) is 6.79. The maximum Gasteiger partial charge on any atom is 0.229 e. The van der Waals surface area contributed by atoms with Gasteiger partial charge in [0, 0.05) is 47.9 Å². The van der Waals surface area contributed by atoms with E-state index < -0.39 is 7.14 Å². The lowest BCUT2D eigenvalue weighted by molar-refractivity contribution is 0.208. The quantitative estimate of drug-likeness (QED) is 0.291. The van der Waals surface area contributed by atoms with Crippen LogP contribution in [0.4, 0.5) is 28.8 Å². The summed E-state index contributed by atoms with van der Waals surface area (Å²) >= 11 is 0. The Labute approximate surface area is 238 Å². The van der Waals surface area contributed by atoms with Gasteiger partial charge in [-0.3, -0.25) is 0 Å². The van der Waals surface area contributed by atoms with Crippen LogP contribution in [-0.4, -0.2) is 66.5 Å². The van der Waals surface area contributed by atoms with Crippen LogP contribution in [0, 0.1) is 6.92 Å². The lowest BCUT2D eigenvalue weighted by Gasteiger charge is -2.38. The van der Waals surface area contributed by atoms with Gasteiger partial charge >= 0.3 is 0 Å². The van der Waals surface area contributed by atoms with Crippen molar-refractivity contribution in [2.45, 2.75) is 58.6 Å². The van der Waals surface area contributed by atoms with Crippen molar-refractivity contribution in [2.75, 3.05) is 55.0 Å². The van der Waals surface area contributed by atoms with Gasteiger partial charge in [0.2, 0.25) is 5.95 Å². The lowest BCUT2D eigenvalue weighted by Crippen LogP contribution is -2.43. The number of piperidine rings is 1. The Morgan fingerprint density at radius 3 is 2.40 bits per heavy atom. The van der Waals surface area contributed by atoms with E-state index in [0.29, 0.717) is 11.8 Å². The molecule has 0 aliphatic carbocycles. The summed E-state index contributed by atoms with van der Waals surface area (Å²) in [5.41, 5.74) is 3.71. The molecule has 1 aromatic heterocycles. The van der Waals surface area contributed by atoms with Gasteiger partial charge in [-0.05, 0) is 97.1 Å². The van der Waals surface area contributed by atoms with E-state index in [9.17, 15) is 4.57 Å². The number of nitrogens with one attached hydrogen (secondary N) is 2. The molecule has 214 valence electrons. The van der Waals surface area contributed by atoms with E-state index in [4.69, 9.17) is 9.72 Å². The molecule has 2 N–H and O–H groups in total. The molecule has 3 aromatic rings. The molecule has 0 unspecified atom stereocenters. The molecule has 0 spiro atoms. The minimum atomic E-state index is -2.46. The van der Waals surface area contributed by atoms with Crippen molar-refractivity contribution in [3.8, 4) is 5.75 Å². The second-order valence-electron chi connectivity index (χ2n) is 11.7. The fourth-order valence-electron chi connectivity index (χ4n) is 5.68. The van der Waals surface area contributed by atoms with Gasteiger partial charge in [-0.1, -0.05) is 12.1 Å². The van der Waals surface area contributed by atoms with Crippen molar-refractivity contribution < 1.29 is 9.30 Å². The second-order valence-corrected chi connectivity index (χ2v) is 14.8. The number of benzene rings is 2. The average Bonchev–Trinajstić information content (AvgIpc) is 3.46. The SMILES string of the molecule is Cc1cnc(Nc2ccc(N3CCC(N4CCCC4)CC3)cc2OC(C)C)nc1Nc1ccccc1P(C)(C)=O. The molecule has 0 atom stereocenters. The summed E-state index contributed by atoms with van der Waals surface area (Å²) in [6.07, 6.45) is 6.94. The van der Waals surface area contributed by atoms with Crippen LogP contribution < -0.4 is 25.6 Å². The highest BCUT2D eigenvalue weighted by Crippen LogP contribution is 2.39. The summed E-state index contributed by atoms with van der Waals surface area (Å²) in [6, 6.07) is 14.8. The molecular weight excluding hydrogens is 519 g/mol. The zero-order valence-corrected chi connectivity index (χ0v) is 25.4. The third-order valence-electron chi connectivity index (χ3n) is 7.77. The zero-order valence-electron chi connectivity index (χ0n) is 24.5. The Morgan fingerprint density at radius 2 is 1.70 bits per heavy atom. The summed E-state index contributed by atoms with van der Waals surface area (Å²) in [4.78, 5) is 14.5. The third-order valence-corrected chi connectivity index (χ3v) is 9.32. The number of hydrogen-bond donors (Lipinski definition) is 2. The van der Waals surface area contributed by atoms with Gasteiger partial charge in [-0.25, -0.2) is 4.98 Å². The number of rotatable bonds is 9. The molecular formula is C31H43N6O2P. The summed E-state index contributed by atoms with van der Waals surface area (Å²) in [5, 5.41) is 7.58. The van der Waals surface area contributed by atoms with Crippen LogP contribution in [-0.2, 0) is 4.57 Å². The Balaban J connectivity index is 1.34. The van der Waals surface area contributed by atoms with Crippen molar-refractivity contribution in [2.24, 2.45) is 0 Å². The fourth-order valence-corrected chi connectivity index (χ4v) is 6.84. The zero-order chi connectivity index (χ0) is 28.3. The molecule has 0 bridgehead atoms. The van der Waals surface area contributed by atoms with E-state index in [2.05, 4.69) is 43.6 Å². The largest absolute Gasteiger partial charge is 0.489 e. The second kappa shape index (κ2) is 12.2. The monoisotopic (exact) mass is 562 g/mol. The number of ether oxygens (including phenoxy) is 1. The molecule has 0 saturated carbocycles. The van der Waals surface area contributed by atoms with E-state index in [1.54, 1.807) is 19.5 Å². The normalized spacial score (nSPS) is 16.9. The van der Waals surface area contributed by atoms with Gasteiger partial charge in [0.25, 0.3) is 0 Å². The van der Waals surface area contributed by atoms with E-state index in [1.807, 2.05) is 45.0 Å². The van der Waals surface area contributed by atoms with E-state index >= 15 is 0 Å². The fraction of sp³-hybridized carbons (Fsp3) is 0.484. The van der Waals surface area contributed by atoms with Crippen LogP contribution in [0.25, 0.3) is 0 Å². The first-order valence-corrected chi connectivity index (χ1v) is 17.1. The van der Waals surface area contributed by atoms with E-state index in [1.165, 1.54) is 44.5 Å². The number of nitrogens with zero attached hydrogens (tertiary/aromatic N) is 4. The van der Waals surface area contributed by atoms with E-state index in [0.717, 1.165) is 47.1 Å². The predicted octanol–water partition coefficient (Wildman–Crippen LogP) is 6.37. The highest BCUT2D eigenvalue weighted by atomic mass is 31.2. The number of aromatic nitrogens is 2. The van der Waals surface area contributed by atoms with Crippen molar-refractivity contribution in [3.05, 3.63) is 54.2 Å². The van der Waals surface area contributed by atoms with Gasteiger partial charge in [0.05, 0.1) is 17.5 Å². The van der Waals surface area contributed by atoms with Crippen LogP contribution >= 0.6 is 7.14 Å². The molecule has 9 heteroatoms. The van der Waals surface area contributed by atoms with Gasteiger partial charge in [0.1, 0.15) is 18.7 Å². The molecule has 0 radical (unpaired) electrons. The standard InChI is InChI=1S/C31H43N6O2P/c1-22(2)39-28-20-25(37-18-14-24(15-19-37)36-16-8-9-17-36)12-13-26(28)34-31-32-21-23(3)30(35-31)33-27-10-6-7-11-29(27)40(4,5)38/h6-7,10-13,20-22,24H,8-9,14-19H2,1-5H3,(H2,32,33,34,35). The minimum absolute atomic E-state index is 0.0307. The van der Waals surface area contributed by atoms with Gasteiger partial charge in [-0.15, -0.1) is 0 Å². The predicted molar refractivity (Wildman–Crippen MR) is 167 cm³/mol. The van der Waals surface area contributed by atoms with Crippen LogP contribution in [0.3, 0.4) is 0 Å². The summed E-state index contributed by atoms with van der Waals surface area (Å²) in [6.45, 7) is 14.3. The molecule has 8 nitrogen and oxygen atoms in total. The minimum Gasteiger partial charge on any atom is -0.489 e. The Morgan fingerprint density at radius 1 is 0.975 bits per heavy atom. The lowest BCUT2D eigenvalue weighted by atomic mass is 10.0. The molecule has 2 fully saturated rings. The van der Waals surface area contributed by atoms with Crippen molar-refractivity contribution in [1.82, 2.24) is 14.9 Å². The molecule has 0 amide bonds. The van der Waals surface area contributed by atoms with E-state index in [-0.39, 0.29) is 6.10 Å². The molecule has 2 saturated heterocycles. The molecule has 2 aromatic carbocycles. The first kappa shape index (κ1) is 28.4. The highest BCUT2D eigenvalue weighted by molar-refractivity contribution is 7.70. The molecule has 5 rings (SSSR count). The molecule has 2 aliphatic rings. The maximum absolute atomic E-state index is 12.9. The molecule has 40 heavy (non-hydrogen) atoms. The number of aryl methyl sites for hydroxylation is 1. The topological polar surface area (TPSA) is 82.6 Å². The number of likely N-dealkylation sites (tertiary alicyclic amines) is 1. The van der Waals surface area contributed by atoms with Crippen LogP contribution in [0.2, 0.25) is 0 Å². The van der Waals surface area contributed by atoms with Crippen LogP contribution in [0.15, 0.2) is 48.7 Å². The van der Waals surface area contributed by atoms with Crippen LogP contribution in [0.5, 0.6) is 5.75 Å². The summed E-state index contributed by atoms with van der Waals surface area (Å²) in [5.74, 6) is 1.92. The molecule has 3 heterocycles. The Bertz CT molecular complexity index is 1360. The highest BCUT2D eigenvalue weighted by Gasteiger charge is 2.27. The average molecular weight is 563 g/mol. The first-order valence-electron chi connectivity index (χ1n) is 14.5. The van der Waals surface area contributed by atoms with Crippen LogP contribution in [0.1, 0.15) is 45.1 Å². The number of anilines is 5. The molecule has 2 aliphatic heterocycles. The first-order chi connectivity index (χ1) is 19.2. The van der Waals surface area contributed by atoms with Crippen molar-refractivity contribution in [1.29, 1.82) is 0 Å². The van der Waals surface area contributed by atoms with Gasteiger partial charge < -0.3 is 29.7 Å². The number of para-hydroxylation sites is 1. The number of hydrogen-bond acceptors (Lipinski definition) is 8. The Hall–Kier alpha value is -3.09. The Kier molecular flexibility index (Phi) is 8.67. The smallest absolute Gasteiger partial charge is 0.229 e. The van der Waals surface area contributed by atoms with Crippen molar-refractivity contribution >= 4 is 41.3 Å². The van der Waals surface area contributed by atoms with Gasteiger partial charge in [0.15, 0.2) is 0 Å². The summed E-state index contributed by atoms with van der Waals surface area (Å²) in [7, 11) is -2.46. The van der Waals surface area contributed by atoms with Gasteiger partial charge in [-0.2, -0.15) is 4.98 Å². The summed E-state index contributed by atoms with van der Waals surface area (Å²) < 4.78 is 19.1.